The van der Waals surface area contributed by atoms with Gasteiger partial charge in [0.1, 0.15) is 35.8 Å². The van der Waals surface area contributed by atoms with Crippen molar-refractivity contribution in [2.24, 2.45) is 22.3 Å². The summed E-state index contributed by atoms with van der Waals surface area (Å²) in [5.74, 6) is -3.15. The zero-order valence-electron chi connectivity index (χ0n) is 52.4. The maximum atomic E-state index is 14.3. The molecule has 2 aliphatic heterocycles. The Kier molecular flexibility index (Phi) is 25.1. The highest BCUT2D eigenvalue weighted by Gasteiger charge is 2.43. The Morgan fingerprint density at radius 1 is 0.523 bits per heavy atom. The Bertz CT molecular complexity index is 2890. The van der Waals surface area contributed by atoms with Crippen LogP contribution in [0.15, 0.2) is 84.9 Å². The predicted octanol–water partition coefficient (Wildman–Crippen LogP) is 7.19. The monoisotopic (exact) mass is 1220 g/mol. The highest BCUT2D eigenvalue weighted by atomic mass is 16.6. The number of likely N-dealkylation sites (tertiary alicyclic amines) is 2. The average molecular weight is 1220 g/mol. The van der Waals surface area contributed by atoms with Gasteiger partial charge in [-0.2, -0.15) is 0 Å². The molecule has 4 aromatic rings. The van der Waals surface area contributed by atoms with Crippen LogP contribution in [0.2, 0.25) is 0 Å². The van der Waals surface area contributed by atoms with E-state index in [9.17, 15) is 38.4 Å². The topological polar surface area (TPSA) is 293 Å². The first-order valence-electron chi connectivity index (χ1n) is 30.1. The number of benzene rings is 4. The van der Waals surface area contributed by atoms with Gasteiger partial charge in [0.2, 0.25) is 24.0 Å². The van der Waals surface area contributed by atoms with Crippen LogP contribution in [-0.4, -0.2) is 136 Å². The molecule has 0 aliphatic carbocycles. The summed E-state index contributed by atoms with van der Waals surface area (Å²) in [6, 6.07) is 22.2. The fourth-order valence-electron chi connectivity index (χ4n) is 10.3. The number of hydrogen-bond donors (Lipinski definition) is 4. The summed E-state index contributed by atoms with van der Waals surface area (Å²) in [6.45, 7) is 11.0. The van der Waals surface area contributed by atoms with Crippen molar-refractivity contribution in [3.05, 3.63) is 107 Å². The number of piperidine rings is 2. The van der Waals surface area contributed by atoms with Gasteiger partial charge in [0.05, 0.1) is 28.4 Å². The molecule has 2 fully saturated rings. The molecule has 0 aromatic heterocycles. The Morgan fingerprint density at radius 2 is 0.898 bits per heavy atom. The molecule has 4 amide bonds. The van der Waals surface area contributed by atoms with Crippen LogP contribution in [0.25, 0.3) is 0 Å². The standard InChI is InChI=1S/C66H88N6O16/c1-11-65(3,4)55(73)61(77)71-35-15-13-23-47(71)63(79)87-49(29-25-41-27-31-51(81-7)53(37-41)83-9)43-19-17-21-45(39-43)85-59(57(67)75)69-33-34-70-60(58(68)76)86-46-22-18-20-44(40-46)50(30-26-42-28-32-52(82-8)54(38-42)84-10)88-64(80)48-24-14-16-36-72(48)62(78)56(74)66(5,6)12-2/h17-22,27-28,31-32,37-40,47-50,59-60,69-70H,11-16,23-26,29-30,33-36H2,1-10H3,(H2,67,75)(H2,68,76). The van der Waals surface area contributed by atoms with Gasteiger partial charge in [-0.25, -0.2) is 9.59 Å². The highest BCUT2D eigenvalue weighted by Crippen LogP contribution is 2.36. The van der Waals surface area contributed by atoms with Gasteiger partial charge in [-0.3, -0.25) is 39.4 Å². The first-order valence-corrected chi connectivity index (χ1v) is 30.1. The van der Waals surface area contributed by atoms with Gasteiger partial charge in [-0.1, -0.05) is 77.9 Å². The van der Waals surface area contributed by atoms with Gasteiger partial charge in [0.25, 0.3) is 23.6 Å². The van der Waals surface area contributed by atoms with E-state index < -0.39 is 94.7 Å². The van der Waals surface area contributed by atoms with Crippen molar-refractivity contribution in [2.45, 2.75) is 155 Å². The van der Waals surface area contributed by atoms with E-state index in [0.717, 1.165) is 11.1 Å². The summed E-state index contributed by atoms with van der Waals surface area (Å²) in [5.41, 5.74) is 12.6. The second-order valence-electron chi connectivity index (χ2n) is 23.3. The van der Waals surface area contributed by atoms with Crippen molar-refractivity contribution in [1.29, 1.82) is 0 Å². The number of amides is 4. The molecule has 2 heterocycles. The minimum atomic E-state index is -1.40. The van der Waals surface area contributed by atoms with Gasteiger partial charge >= 0.3 is 11.9 Å². The number of carbonyl (C=O) groups is 8. The number of methoxy groups -OCH3 is 4. The molecule has 22 nitrogen and oxygen atoms in total. The molecule has 0 radical (unpaired) electrons. The molecular formula is C66H88N6O16. The van der Waals surface area contributed by atoms with Crippen molar-refractivity contribution in [3.8, 4) is 34.5 Å². The van der Waals surface area contributed by atoms with E-state index in [0.29, 0.717) is 98.3 Å². The first kappa shape index (κ1) is 68.9. The van der Waals surface area contributed by atoms with E-state index in [2.05, 4.69) is 10.6 Å². The zero-order chi connectivity index (χ0) is 64.3. The van der Waals surface area contributed by atoms with Crippen LogP contribution in [0.5, 0.6) is 34.5 Å². The summed E-state index contributed by atoms with van der Waals surface area (Å²) in [7, 11) is 6.14. The molecule has 22 heteroatoms. The van der Waals surface area contributed by atoms with Crippen LogP contribution in [0.3, 0.4) is 0 Å². The first-order chi connectivity index (χ1) is 42.0. The number of carbonyl (C=O) groups excluding carboxylic acids is 8. The highest BCUT2D eigenvalue weighted by molar-refractivity contribution is 6.38. The van der Waals surface area contributed by atoms with Crippen LogP contribution in [0.1, 0.15) is 140 Å². The number of esters is 2. The molecule has 0 spiro atoms. The zero-order valence-corrected chi connectivity index (χ0v) is 52.4. The van der Waals surface area contributed by atoms with Crippen molar-refractivity contribution in [3.63, 3.8) is 0 Å². The third-order valence-electron chi connectivity index (χ3n) is 16.5. The number of Topliss-reactive ketones (excluding diaryl/α,β-unsaturated/α-hetero) is 2. The minimum absolute atomic E-state index is 0.00299. The number of primary amides is 2. The number of nitrogens with zero attached hydrogens (tertiary/aromatic N) is 2. The summed E-state index contributed by atoms with van der Waals surface area (Å²) >= 11 is 0. The number of aryl methyl sites for hydroxylation is 2. The Morgan fingerprint density at radius 3 is 1.24 bits per heavy atom. The number of ketones is 2. The lowest BCUT2D eigenvalue weighted by Crippen LogP contribution is -2.53. The molecule has 6 unspecified atom stereocenters. The van der Waals surface area contributed by atoms with Crippen molar-refractivity contribution in [2.75, 3.05) is 54.6 Å². The van der Waals surface area contributed by atoms with E-state index in [1.54, 1.807) is 88.4 Å². The molecule has 478 valence electrons. The molecule has 0 bridgehead atoms. The van der Waals surface area contributed by atoms with Crippen molar-refractivity contribution in [1.82, 2.24) is 20.4 Å². The molecule has 6 atom stereocenters. The van der Waals surface area contributed by atoms with E-state index in [1.807, 2.05) is 38.1 Å². The molecular weight excluding hydrogens is 1130 g/mol. The van der Waals surface area contributed by atoms with Gasteiger partial charge < -0.3 is 59.2 Å². The lowest BCUT2D eigenvalue weighted by molar-refractivity contribution is -0.165. The maximum absolute atomic E-state index is 14.3. The van der Waals surface area contributed by atoms with Gasteiger partial charge in [0, 0.05) is 37.0 Å². The number of ether oxygens (including phenoxy) is 8. The third-order valence-corrected chi connectivity index (χ3v) is 16.5. The second-order valence-corrected chi connectivity index (χ2v) is 23.3. The fraction of sp³-hybridized carbons (Fsp3) is 0.515. The average Bonchev–Trinajstić information content (AvgIpc) is 1.94. The predicted molar refractivity (Wildman–Crippen MR) is 326 cm³/mol. The third kappa shape index (κ3) is 18.2. The Labute approximate surface area is 515 Å². The molecule has 2 aliphatic rings. The largest absolute Gasteiger partial charge is 0.493 e. The molecule has 4 aromatic carbocycles. The molecule has 6 rings (SSSR count). The molecule has 88 heavy (non-hydrogen) atoms. The quantitative estimate of drug-likeness (QED) is 0.0159. The Hall–Kier alpha value is -8.24. The normalized spacial score (nSPS) is 16.6. The van der Waals surface area contributed by atoms with Crippen LogP contribution in [-0.2, 0) is 60.7 Å². The fourth-order valence-corrected chi connectivity index (χ4v) is 10.3. The lowest BCUT2D eigenvalue weighted by atomic mass is 9.84. The summed E-state index contributed by atoms with van der Waals surface area (Å²) in [6.07, 6.45) is 0.813. The number of rotatable bonds is 33. The van der Waals surface area contributed by atoms with Crippen LogP contribution >= 0.6 is 0 Å². The van der Waals surface area contributed by atoms with E-state index in [4.69, 9.17) is 49.4 Å². The van der Waals surface area contributed by atoms with Gasteiger partial charge in [-0.05, 0) is 148 Å². The van der Waals surface area contributed by atoms with E-state index in [-0.39, 0.29) is 50.5 Å². The van der Waals surface area contributed by atoms with Crippen LogP contribution in [0.4, 0.5) is 0 Å². The Balaban J connectivity index is 1.16. The lowest BCUT2D eigenvalue weighted by Gasteiger charge is -2.36. The van der Waals surface area contributed by atoms with Crippen LogP contribution < -0.4 is 50.5 Å². The van der Waals surface area contributed by atoms with Gasteiger partial charge in [0.15, 0.2) is 23.0 Å². The minimum Gasteiger partial charge on any atom is -0.493 e. The smallest absolute Gasteiger partial charge is 0.329 e. The van der Waals surface area contributed by atoms with Gasteiger partial charge in [-0.15, -0.1) is 0 Å². The summed E-state index contributed by atoms with van der Waals surface area (Å²) in [4.78, 5) is 111. The maximum Gasteiger partial charge on any atom is 0.329 e. The summed E-state index contributed by atoms with van der Waals surface area (Å²) in [5, 5.41) is 5.89. The van der Waals surface area contributed by atoms with Crippen molar-refractivity contribution >= 4 is 47.1 Å². The van der Waals surface area contributed by atoms with Crippen LogP contribution in [0, 0.1) is 10.8 Å². The number of hydrogen-bond acceptors (Lipinski definition) is 18. The SMILES string of the molecule is CCC(C)(C)C(=O)C(=O)N1CCCCC1C(=O)OC(CCc1ccc(OC)c(OC)c1)c1cccc(OC(NCCNC(Oc2cccc(C(CCc3ccc(OC)c(OC)c3)OC(=O)C3CCCCN3C(=O)C(=O)C(C)(C)CC)c2)C(N)=O)C(N)=O)c1. The second kappa shape index (κ2) is 32.1. The summed E-state index contributed by atoms with van der Waals surface area (Å²) < 4.78 is 46.8. The number of nitrogens with two attached hydrogens (primary N) is 2. The van der Waals surface area contributed by atoms with E-state index in [1.165, 1.54) is 38.2 Å². The van der Waals surface area contributed by atoms with Crippen molar-refractivity contribution < 1.29 is 76.3 Å². The molecule has 6 N–H and O–H groups in total. The van der Waals surface area contributed by atoms with E-state index >= 15 is 0 Å². The molecule has 0 saturated carbocycles. The number of nitrogens with one attached hydrogen (secondary N) is 2. The molecule has 2 saturated heterocycles.